The zero-order valence-corrected chi connectivity index (χ0v) is 13.4. The van der Waals surface area contributed by atoms with E-state index in [1.807, 2.05) is 24.3 Å². The molecule has 0 aliphatic carbocycles. The molecular formula is C18H24N4O. The minimum Gasteiger partial charge on any atom is -0.370 e. The van der Waals surface area contributed by atoms with Crippen LogP contribution in [0.5, 0.6) is 0 Å². The number of anilines is 1. The fourth-order valence-corrected chi connectivity index (χ4v) is 4.03. The predicted molar refractivity (Wildman–Crippen MR) is 89.8 cm³/mol. The lowest BCUT2D eigenvalue weighted by atomic mass is 9.83. The number of rotatable bonds is 4. The quantitative estimate of drug-likeness (QED) is 0.885. The van der Waals surface area contributed by atoms with Crippen LogP contribution in [0.2, 0.25) is 0 Å². The molecule has 5 heteroatoms. The number of primary amides is 1. The average molecular weight is 312 g/mol. The van der Waals surface area contributed by atoms with E-state index in [9.17, 15) is 10.1 Å². The van der Waals surface area contributed by atoms with Gasteiger partial charge in [0.05, 0.1) is 17.3 Å². The summed E-state index contributed by atoms with van der Waals surface area (Å²) in [6.07, 6.45) is 4.35. The summed E-state index contributed by atoms with van der Waals surface area (Å²) >= 11 is 0. The molecular weight excluding hydrogens is 288 g/mol. The Morgan fingerprint density at radius 1 is 1.30 bits per heavy atom. The third kappa shape index (κ3) is 3.48. The summed E-state index contributed by atoms with van der Waals surface area (Å²) in [6, 6.07) is 9.94. The van der Waals surface area contributed by atoms with Gasteiger partial charge in [-0.3, -0.25) is 4.79 Å². The SMILES string of the molecule is N#Cc1ccccc1N1CCC(CC2CCNC2C(N)=O)CC1. The van der Waals surface area contributed by atoms with E-state index in [4.69, 9.17) is 5.73 Å². The van der Waals surface area contributed by atoms with E-state index in [1.54, 1.807) is 0 Å². The molecule has 2 aliphatic rings. The molecule has 2 unspecified atom stereocenters. The van der Waals surface area contributed by atoms with Crippen LogP contribution in [-0.4, -0.2) is 31.6 Å². The van der Waals surface area contributed by atoms with Crippen LogP contribution in [-0.2, 0) is 4.79 Å². The van der Waals surface area contributed by atoms with Gasteiger partial charge in [-0.15, -0.1) is 0 Å². The molecule has 5 nitrogen and oxygen atoms in total. The number of nitrogens with one attached hydrogen (secondary N) is 1. The van der Waals surface area contributed by atoms with Gasteiger partial charge >= 0.3 is 0 Å². The number of para-hydroxylation sites is 1. The third-order valence-corrected chi connectivity index (χ3v) is 5.27. The molecule has 2 heterocycles. The van der Waals surface area contributed by atoms with E-state index in [1.165, 1.54) is 0 Å². The topological polar surface area (TPSA) is 82.2 Å². The Hall–Kier alpha value is -2.06. The number of hydrogen-bond acceptors (Lipinski definition) is 4. The van der Waals surface area contributed by atoms with Crippen molar-refractivity contribution in [1.29, 1.82) is 5.26 Å². The van der Waals surface area contributed by atoms with Gasteiger partial charge in [0, 0.05) is 13.1 Å². The molecule has 1 amide bonds. The Labute approximate surface area is 137 Å². The van der Waals surface area contributed by atoms with Gasteiger partial charge in [-0.1, -0.05) is 12.1 Å². The smallest absolute Gasteiger partial charge is 0.234 e. The standard InChI is InChI=1S/C18H24N4O/c19-12-15-3-1-2-4-16(15)22-9-6-13(7-10-22)11-14-5-8-21-17(14)18(20)23/h1-4,13-14,17,21H,5-11H2,(H2,20,23). The van der Waals surface area contributed by atoms with E-state index in [2.05, 4.69) is 16.3 Å². The largest absolute Gasteiger partial charge is 0.370 e. The first-order chi connectivity index (χ1) is 11.2. The molecule has 1 aromatic carbocycles. The molecule has 3 N–H and O–H groups in total. The van der Waals surface area contributed by atoms with Crippen molar-refractivity contribution in [2.75, 3.05) is 24.5 Å². The van der Waals surface area contributed by atoms with Crippen molar-refractivity contribution in [3.8, 4) is 6.07 Å². The number of amides is 1. The molecule has 0 saturated carbocycles. The molecule has 0 radical (unpaired) electrons. The second-order valence-electron chi connectivity index (χ2n) is 6.68. The molecule has 2 fully saturated rings. The fraction of sp³-hybridized carbons (Fsp3) is 0.556. The molecule has 2 atom stereocenters. The molecule has 2 aliphatic heterocycles. The second kappa shape index (κ2) is 7.01. The summed E-state index contributed by atoms with van der Waals surface area (Å²) in [5.41, 5.74) is 7.28. The highest BCUT2D eigenvalue weighted by molar-refractivity contribution is 5.80. The Morgan fingerprint density at radius 2 is 2.04 bits per heavy atom. The number of nitrogens with zero attached hydrogens (tertiary/aromatic N) is 2. The maximum Gasteiger partial charge on any atom is 0.234 e. The summed E-state index contributed by atoms with van der Waals surface area (Å²) in [7, 11) is 0. The van der Waals surface area contributed by atoms with Crippen molar-refractivity contribution < 1.29 is 4.79 Å². The minimum absolute atomic E-state index is 0.146. The van der Waals surface area contributed by atoms with Gasteiger partial charge in [-0.05, 0) is 56.2 Å². The second-order valence-corrected chi connectivity index (χ2v) is 6.68. The van der Waals surface area contributed by atoms with Crippen molar-refractivity contribution in [2.24, 2.45) is 17.6 Å². The highest BCUT2D eigenvalue weighted by Crippen LogP contribution is 2.32. The summed E-state index contributed by atoms with van der Waals surface area (Å²) in [4.78, 5) is 13.8. The first-order valence-electron chi connectivity index (χ1n) is 8.46. The van der Waals surface area contributed by atoms with Gasteiger partial charge in [0.15, 0.2) is 0 Å². The Bertz CT molecular complexity index is 601. The normalized spacial score (nSPS) is 25.3. The third-order valence-electron chi connectivity index (χ3n) is 5.27. The number of nitrogens with two attached hydrogens (primary N) is 1. The molecule has 0 aromatic heterocycles. The lowest BCUT2D eigenvalue weighted by molar-refractivity contribution is -0.120. The number of nitriles is 1. The Morgan fingerprint density at radius 3 is 2.74 bits per heavy atom. The summed E-state index contributed by atoms with van der Waals surface area (Å²) in [5, 5.41) is 12.5. The molecule has 3 rings (SSSR count). The van der Waals surface area contributed by atoms with E-state index >= 15 is 0 Å². The average Bonchev–Trinajstić information content (AvgIpc) is 3.04. The number of benzene rings is 1. The van der Waals surface area contributed by atoms with Gasteiger partial charge in [0.1, 0.15) is 6.07 Å². The number of hydrogen-bond donors (Lipinski definition) is 2. The number of piperidine rings is 1. The van der Waals surface area contributed by atoms with E-state index < -0.39 is 0 Å². The van der Waals surface area contributed by atoms with Crippen LogP contribution in [0.1, 0.15) is 31.2 Å². The van der Waals surface area contributed by atoms with Gasteiger partial charge in [-0.25, -0.2) is 0 Å². The van der Waals surface area contributed by atoms with Crippen LogP contribution in [0.15, 0.2) is 24.3 Å². The Balaban J connectivity index is 1.57. The highest BCUT2D eigenvalue weighted by atomic mass is 16.1. The molecule has 122 valence electrons. The maximum atomic E-state index is 11.5. The first kappa shape index (κ1) is 15.8. The van der Waals surface area contributed by atoms with Crippen LogP contribution in [0.4, 0.5) is 5.69 Å². The van der Waals surface area contributed by atoms with Crippen LogP contribution in [0.3, 0.4) is 0 Å². The maximum absolute atomic E-state index is 11.5. The molecule has 2 saturated heterocycles. The summed E-state index contributed by atoms with van der Waals surface area (Å²) in [6.45, 7) is 2.85. The fourth-order valence-electron chi connectivity index (χ4n) is 4.03. The van der Waals surface area contributed by atoms with Gasteiger partial charge < -0.3 is 16.0 Å². The lowest BCUT2D eigenvalue weighted by Gasteiger charge is -2.35. The van der Waals surface area contributed by atoms with Gasteiger partial charge in [0.25, 0.3) is 0 Å². The summed E-state index contributed by atoms with van der Waals surface area (Å²) in [5.74, 6) is 0.815. The van der Waals surface area contributed by atoms with Crippen molar-refractivity contribution >= 4 is 11.6 Å². The van der Waals surface area contributed by atoms with Crippen LogP contribution in [0, 0.1) is 23.2 Å². The van der Waals surface area contributed by atoms with Crippen LogP contribution in [0.25, 0.3) is 0 Å². The zero-order valence-electron chi connectivity index (χ0n) is 13.4. The zero-order chi connectivity index (χ0) is 16.2. The molecule has 0 bridgehead atoms. The van der Waals surface area contributed by atoms with E-state index in [0.717, 1.165) is 56.6 Å². The molecule has 23 heavy (non-hydrogen) atoms. The summed E-state index contributed by atoms with van der Waals surface area (Å²) < 4.78 is 0. The lowest BCUT2D eigenvalue weighted by Crippen LogP contribution is -2.42. The highest BCUT2D eigenvalue weighted by Gasteiger charge is 2.33. The molecule has 1 aromatic rings. The van der Waals surface area contributed by atoms with Gasteiger partial charge in [0.2, 0.25) is 5.91 Å². The van der Waals surface area contributed by atoms with Crippen LogP contribution < -0.4 is 16.0 Å². The number of carbonyl (C=O) groups excluding carboxylic acids is 1. The van der Waals surface area contributed by atoms with Crippen LogP contribution >= 0.6 is 0 Å². The van der Waals surface area contributed by atoms with Crippen molar-refractivity contribution in [3.05, 3.63) is 29.8 Å². The van der Waals surface area contributed by atoms with E-state index in [-0.39, 0.29) is 11.9 Å². The van der Waals surface area contributed by atoms with E-state index in [0.29, 0.717) is 11.8 Å². The monoisotopic (exact) mass is 312 g/mol. The number of carbonyl (C=O) groups is 1. The predicted octanol–water partition coefficient (Wildman–Crippen LogP) is 1.63. The van der Waals surface area contributed by atoms with Crippen molar-refractivity contribution in [3.63, 3.8) is 0 Å². The van der Waals surface area contributed by atoms with Gasteiger partial charge in [-0.2, -0.15) is 5.26 Å². The minimum atomic E-state index is -0.215. The first-order valence-corrected chi connectivity index (χ1v) is 8.46. The van der Waals surface area contributed by atoms with Crippen molar-refractivity contribution in [1.82, 2.24) is 5.32 Å². The van der Waals surface area contributed by atoms with Crippen molar-refractivity contribution in [2.45, 2.75) is 31.7 Å². The Kier molecular flexibility index (Phi) is 4.82. The molecule has 0 spiro atoms.